The molecule has 0 aromatic carbocycles. The third kappa shape index (κ3) is 38.1. The predicted molar refractivity (Wildman–Crippen MR) is 233 cm³/mol. The van der Waals surface area contributed by atoms with Gasteiger partial charge in [-0.1, -0.05) is 184 Å². The highest BCUT2D eigenvalue weighted by Gasteiger charge is 2.26. The van der Waals surface area contributed by atoms with Crippen LogP contribution in [0.25, 0.3) is 0 Å². The summed E-state index contributed by atoms with van der Waals surface area (Å²) in [6.07, 6.45) is 35.1. The molecule has 0 aliphatic rings. The fraction of sp³-hybridized carbons (Fsp3) is 0.778. The molecule has 12 nitrogen and oxygen atoms in total. The van der Waals surface area contributed by atoms with Gasteiger partial charge < -0.3 is 35.4 Å². The zero-order valence-corrected chi connectivity index (χ0v) is 37.0. The van der Waals surface area contributed by atoms with E-state index in [-0.39, 0.29) is 45.4 Å². The molecule has 0 aliphatic heterocycles. The lowest BCUT2D eigenvalue weighted by molar-refractivity contribution is -0.161. The second-order valence-corrected chi connectivity index (χ2v) is 16.6. The number of carbonyl (C=O) groups excluding carboxylic acids is 2. The smallest absolute Gasteiger partial charge is 0.462 e. The second-order valence-electron chi connectivity index (χ2n) is 15.1. The first-order valence-electron chi connectivity index (χ1n) is 22.4. The Hall–Kier alpha value is -2.15. The normalized spacial score (nSPS) is 15.4. The number of phosphoric ester groups is 1. The number of unbranched alkanes of at least 4 members (excludes halogenated alkanes) is 18. The minimum absolute atomic E-state index is 0.00264. The first kappa shape index (κ1) is 55.9. The van der Waals surface area contributed by atoms with Crippen LogP contribution in [0.4, 0.5) is 0 Å². The van der Waals surface area contributed by atoms with Crippen molar-refractivity contribution in [3.05, 3.63) is 48.6 Å². The highest BCUT2D eigenvalue weighted by molar-refractivity contribution is 7.47. The monoisotopic (exact) mass is 844 g/mol. The number of aliphatic hydroxyl groups excluding tert-OH is 3. The van der Waals surface area contributed by atoms with E-state index >= 15 is 0 Å². The lowest BCUT2D eigenvalue weighted by Gasteiger charge is -2.20. The van der Waals surface area contributed by atoms with Crippen LogP contribution in [-0.2, 0) is 32.7 Å². The van der Waals surface area contributed by atoms with Gasteiger partial charge in [-0.15, -0.1) is 0 Å². The summed E-state index contributed by atoms with van der Waals surface area (Å²) in [6.45, 7) is 3.23. The van der Waals surface area contributed by atoms with E-state index in [1.807, 2.05) is 0 Å². The van der Waals surface area contributed by atoms with Gasteiger partial charge in [0.1, 0.15) is 6.61 Å². The van der Waals surface area contributed by atoms with Crippen LogP contribution in [0, 0.1) is 0 Å². The van der Waals surface area contributed by atoms with Gasteiger partial charge in [0.25, 0.3) is 0 Å². The van der Waals surface area contributed by atoms with Crippen LogP contribution >= 0.6 is 7.82 Å². The molecule has 0 aliphatic carbocycles. The Morgan fingerprint density at radius 2 is 1.07 bits per heavy atom. The van der Waals surface area contributed by atoms with Crippen LogP contribution in [0.5, 0.6) is 0 Å². The average Bonchev–Trinajstić information content (AvgIpc) is 3.20. The van der Waals surface area contributed by atoms with Gasteiger partial charge in [-0.3, -0.25) is 18.6 Å². The number of rotatable bonds is 41. The maximum Gasteiger partial charge on any atom is 0.472 e. The highest BCUT2D eigenvalue weighted by atomic mass is 31.2. The standard InChI is InChI=1S/C45H82NO11P/c1-3-5-7-8-9-10-11-12-13-14-15-16-17-18-19-24-28-34-44(50)54-38-41(39-56-58(52,53)55-37-36-46)57-45(51)35-29-33-43(49)42(48)32-27-23-21-20-22-26-31-40(47)30-25-6-4-2/h20-23,26-27,31-32,40-43,47-49H,3-19,24-25,28-30,33-39,46H2,1-2H3,(H,52,53)/b22-20-,23-21+,31-26+,32-27+/t40-,41+,42-,43-/m0/s1. The highest BCUT2D eigenvalue weighted by Crippen LogP contribution is 2.43. The molecule has 0 aromatic rings. The molecule has 0 radical (unpaired) electrons. The topological polar surface area (TPSA) is 195 Å². The zero-order chi connectivity index (χ0) is 43.0. The average molecular weight is 844 g/mol. The minimum atomic E-state index is -4.47. The Labute approximate surface area is 351 Å². The van der Waals surface area contributed by atoms with Crippen molar-refractivity contribution in [2.45, 2.75) is 199 Å². The minimum Gasteiger partial charge on any atom is -0.462 e. The van der Waals surface area contributed by atoms with Crippen LogP contribution in [0.3, 0.4) is 0 Å². The lowest BCUT2D eigenvalue weighted by atomic mass is 10.0. The molecule has 58 heavy (non-hydrogen) atoms. The van der Waals surface area contributed by atoms with E-state index in [1.165, 1.54) is 89.5 Å². The second kappa shape index (κ2) is 40.3. The van der Waals surface area contributed by atoms with Crippen molar-refractivity contribution in [3.63, 3.8) is 0 Å². The van der Waals surface area contributed by atoms with Gasteiger partial charge in [0.2, 0.25) is 0 Å². The van der Waals surface area contributed by atoms with Crippen molar-refractivity contribution in [2.24, 2.45) is 5.73 Å². The van der Waals surface area contributed by atoms with Crippen LogP contribution in [0.1, 0.15) is 174 Å². The van der Waals surface area contributed by atoms with Crippen molar-refractivity contribution in [2.75, 3.05) is 26.4 Å². The molecule has 5 atom stereocenters. The van der Waals surface area contributed by atoms with Gasteiger partial charge in [0, 0.05) is 19.4 Å². The summed E-state index contributed by atoms with van der Waals surface area (Å²) >= 11 is 0. The molecule has 0 aromatic heterocycles. The maximum atomic E-state index is 12.6. The molecule has 0 heterocycles. The van der Waals surface area contributed by atoms with Gasteiger partial charge in [0.15, 0.2) is 6.10 Å². The number of allylic oxidation sites excluding steroid dienone is 6. The quantitative estimate of drug-likeness (QED) is 0.0170. The summed E-state index contributed by atoms with van der Waals surface area (Å²) in [5.41, 5.74) is 5.33. The van der Waals surface area contributed by atoms with Gasteiger partial charge in [-0.25, -0.2) is 4.57 Å². The number of carbonyl (C=O) groups is 2. The Balaban J connectivity index is 4.45. The first-order chi connectivity index (χ1) is 28.0. The van der Waals surface area contributed by atoms with Crippen molar-refractivity contribution in [1.29, 1.82) is 0 Å². The van der Waals surface area contributed by atoms with E-state index in [0.29, 0.717) is 6.42 Å². The van der Waals surface area contributed by atoms with Crippen molar-refractivity contribution >= 4 is 19.8 Å². The molecule has 0 saturated heterocycles. The fourth-order valence-corrected chi connectivity index (χ4v) is 6.84. The van der Waals surface area contributed by atoms with Gasteiger partial charge in [-0.2, -0.15) is 0 Å². The lowest BCUT2D eigenvalue weighted by Crippen LogP contribution is -2.30. The maximum absolute atomic E-state index is 12.6. The number of nitrogens with two attached hydrogens (primary N) is 1. The van der Waals surface area contributed by atoms with Crippen molar-refractivity contribution in [3.8, 4) is 0 Å². The number of aliphatic hydroxyl groups is 3. The molecule has 0 amide bonds. The zero-order valence-electron chi connectivity index (χ0n) is 36.1. The van der Waals surface area contributed by atoms with Crippen LogP contribution in [0.2, 0.25) is 0 Å². The molecule has 0 saturated carbocycles. The Morgan fingerprint density at radius 1 is 0.586 bits per heavy atom. The van der Waals surface area contributed by atoms with E-state index in [0.717, 1.165) is 44.9 Å². The Kier molecular flexibility index (Phi) is 38.8. The summed E-state index contributed by atoms with van der Waals surface area (Å²) < 4.78 is 32.5. The number of hydrogen-bond donors (Lipinski definition) is 5. The Morgan fingerprint density at radius 3 is 1.62 bits per heavy atom. The van der Waals surface area contributed by atoms with E-state index in [4.69, 9.17) is 24.3 Å². The van der Waals surface area contributed by atoms with Crippen LogP contribution in [0.15, 0.2) is 48.6 Å². The van der Waals surface area contributed by atoms with E-state index in [9.17, 15) is 34.4 Å². The molecular formula is C45H82NO11P. The third-order valence-electron chi connectivity index (χ3n) is 9.58. The third-order valence-corrected chi connectivity index (χ3v) is 10.6. The molecular weight excluding hydrogens is 761 g/mol. The van der Waals surface area contributed by atoms with Crippen molar-refractivity contribution in [1.82, 2.24) is 0 Å². The number of phosphoric acid groups is 1. The van der Waals surface area contributed by atoms with Crippen molar-refractivity contribution < 1.29 is 52.9 Å². The summed E-state index contributed by atoms with van der Waals surface area (Å²) in [4.78, 5) is 34.9. The SMILES string of the molecule is CCCCCCCCCCCCCCCCCCCC(=O)OC[C@H](COP(=O)(O)OCCN)OC(=O)CCC[C@H](O)[C@@H](O)/C=C/C=C/C=C\C=C\[C@@H](O)CCCCC. The summed E-state index contributed by atoms with van der Waals surface area (Å²) in [5.74, 6) is -1.16. The summed E-state index contributed by atoms with van der Waals surface area (Å²) in [5, 5.41) is 30.5. The van der Waals surface area contributed by atoms with Crippen LogP contribution < -0.4 is 5.73 Å². The largest absolute Gasteiger partial charge is 0.472 e. The molecule has 0 rings (SSSR count). The molecule has 0 fully saturated rings. The molecule has 338 valence electrons. The molecule has 0 spiro atoms. The Bertz CT molecular complexity index is 1150. The number of ether oxygens (including phenoxy) is 2. The summed E-state index contributed by atoms with van der Waals surface area (Å²) in [6, 6.07) is 0. The van der Waals surface area contributed by atoms with Crippen LogP contribution in [-0.4, -0.2) is 82.9 Å². The summed E-state index contributed by atoms with van der Waals surface area (Å²) in [7, 11) is -4.47. The van der Waals surface area contributed by atoms with Gasteiger partial charge in [0.05, 0.1) is 31.5 Å². The van der Waals surface area contributed by atoms with E-state index in [2.05, 4.69) is 13.8 Å². The van der Waals surface area contributed by atoms with E-state index in [1.54, 1.807) is 42.5 Å². The molecule has 13 heteroatoms. The first-order valence-corrected chi connectivity index (χ1v) is 23.9. The number of esters is 2. The van der Waals surface area contributed by atoms with Gasteiger partial charge in [-0.05, 0) is 25.7 Å². The number of hydrogen-bond acceptors (Lipinski definition) is 11. The molecule has 1 unspecified atom stereocenters. The fourth-order valence-electron chi connectivity index (χ4n) is 6.08. The predicted octanol–water partition coefficient (Wildman–Crippen LogP) is 9.63. The van der Waals surface area contributed by atoms with E-state index < -0.39 is 50.8 Å². The molecule has 6 N–H and O–H groups in total. The van der Waals surface area contributed by atoms with Gasteiger partial charge >= 0.3 is 19.8 Å². The molecule has 0 bridgehead atoms.